The predicted octanol–water partition coefficient (Wildman–Crippen LogP) is 2.86. The Bertz CT molecular complexity index is 731. The molecular weight excluding hydrogens is 308 g/mol. The number of benzene rings is 2. The van der Waals surface area contributed by atoms with E-state index in [1.54, 1.807) is 0 Å². The average molecular weight is 332 g/mol. The number of hydrogen-bond acceptors (Lipinski definition) is 2. The Morgan fingerprint density at radius 2 is 1.80 bits per heavy atom. The van der Waals surface area contributed by atoms with Gasteiger partial charge in [-0.2, -0.15) is 0 Å². The third kappa shape index (κ3) is 5.77. The number of amides is 1. The molecule has 128 valence electrons. The summed E-state index contributed by atoms with van der Waals surface area (Å²) in [7, 11) is 0. The fourth-order valence-corrected chi connectivity index (χ4v) is 3.18. The van der Waals surface area contributed by atoms with E-state index in [-0.39, 0.29) is 11.9 Å². The number of nitrogens with one attached hydrogen (secondary N) is 1. The van der Waals surface area contributed by atoms with Crippen LogP contribution in [0.2, 0.25) is 0 Å². The van der Waals surface area contributed by atoms with Crippen molar-refractivity contribution in [1.29, 1.82) is 0 Å². The smallest absolute Gasteiger partial charge is 0.296 e. The normalized spacial score (nSPS) is 17.4. The molecule has 1 N–H and O–H groups in total. The second kappa shape index (κ2) is 9.05. The minimum absolute atomic E-state index is 0.182. The van der Waals surface area contributed by atoms with Gasteiger partial charge in [-0.1, -0.05) is 54.5 Å². The molecule has 0 spiro atoms. The molecule has 0 aliphatic carbocycles. The monoisotopic (exact) mass is 332 g/mol. The standard InChI is InChI=1S/C22H24N2O/c25-22(14-13-19-8-3-1-4-9-19)23-21-12-7-16-24(18-21)17-15-20-10-5-2-6-11-20/h1-6,8-11,21H,7,12,15-18H2,(H,23,25). The van der Waals surface area contributed by atoms with Gasteiger partial charge in [0.05, 0.1) is 0 Å². The van der Waals surface area contributed by atoms with Gasteiger partial charge in [0.15, 0.2) is 0 Å². The van der Waals surface area contributed by atoms with Crippen molar-refractivity contribution >= 4 is 5.91 Å². The number of carbonyl (C=O) groups excluding carboxylic acids is 1. The van der Waals surface area contributed by atoms with Crippen molar-refractivity contribution in [3.8, 4) is 11.8 Å². The number of carbonyl (C=O) groups is 1. The molecule has 0 radical (unpaired) electrons. The summed E-state index contributed by atoms with van der Waals surface area (Å²) in [5, 5.41) is 3.06. The molecule has 1 aliphatic rings. The van der Waals surface area contributed by atoms with Crippen LogP contribution >= 0.6 is 0 Å². The Kier molecular flexibility index (Phi) is 6.25. The van der Waals surface area contributed by atoms with Crippen LogP contribution in [0.5, 0.6) is 0 Å². The number of piperidine rings is 1. The van der Waals surface area contributed by atoms with Gasteiger partial charge in [-0.3, -0.25) is 4.79 Å². The van der Waals surface area contributed by atoms with E-state index in [4.69, 9.17) is 0 Å². The van der Waals surface area contributed by atoms with E-state index in [2.05, 4.69) is 46.3 Å². The van der Waals surface area contributed by atoms with Crippen molar-refractivity contribution in [2.45, 2.75) is 25.3 Å². The molecule has 3 nitrogen and oxygen atoms in total. The summed E-state index contributed by atoms with van der Waals surface area (Å²) < 4.78 is 0. The van der Waals surface area contributed by atoms with Gasteiger partial charge in [-0.25, -0.2) is 0 Å². The summed E-state index contributed by atoms with van der Waals surface area (Å²) >= 11 is 0. The van der Waals surface area contributed by atoms with E-state index in [1.165, 1.54) is 5.56 Å². The maximum atomic E-state index is 12.1. The van der Waals surface area contributed by atoms with E-state index in [1.807, 2.05) is 36.4 Å². The van der Waals surface area contributed by atoms with Gasteiger partial charge in [-0.05, 0) is 43.5 Å². The van der Waals surface area contributed by atoms with Crippen LogP contribution in [-0.4, -0.2) is 36.5 Å². The minimum atomic E-state index is -0.182. The molecular formula is C22H24N2O. The Labute approximate surface area is 150 Å². The zero-order valence-electron chi connectivity index (χ0n) is 14.4. The molecule has 2 aromatic carbocycles. The van der Waals surface area contributed by atoms with Gasteiger partial charge in [-0.15, -0.1) is 0 Å². The molecule has 0 bridgehead atoms. The third-order valence-corrected chi connectivity index (χ3v) is 4.49. The first-order valence-corrected chi connectivity index (χ1v) is 8.93. The van der Waals surface area contributed by atoms with Crippen molar-refractivity contribution in [2.24, 2.45) is 0 Å². The largest absolute Gasteiger partial charge is 0.341 e. The van der Waals surface area contributed by atoms with Gasteiger partial charge in [0.25, 0.3) is 5.91 Å². The lowest BCUT2D eigenvalue weighted by molar-refractivity contribution is -0.116. The molecule has 1 unspecified atom stereocenters. The molecule has 1 heterocycles. The van der Waals surface area contributed by atoms with Crippen LogP contribution in [0.3, 0.4) is 0 Å². The molecule has 0 saturated carbocycles. The fourth-order valence-electron chi connectivity index (χ4n) is 3.18. The number of nitrogens with zero attached hydrogens (tertiary/aromatic N) is 1. The van der Waals surface area contributed by atoms with Crippen LogP contribution in [-0.2, 0) is 11.2 Å². The Morgan fingerprint density at radius 1 is 1.08 bits per heavy atom. The van der Waals surface area contributed by atoms with E-state index in [0.29, 0.717) is 0 Å². The Morgan fingerprint density at radius 3 is 2.56 bits per heavy atom. The van der Waals surface area contributed by atoms with Crippen molar-refractivity contribution in [2.75, 3.05) is 19.6 Å². The number of hydrogen-bond donors (Lipinski definition) is 1. The van der Waals surface area contributed by atoms with Gasteiger partial charge in [0.2, 0.25) is 0 Å². The van der Waals surface area contributed by atoms with Crippen LogP contribution in [0, 0.1) is 11.8 Å². The predicted molar refractivity (Wildman–Crippen MR) is 101 cm³/mol. The minimum Gasteiger partial charge on any atom is -0.341 e. The second-order valence-corrected chi connectivity index (χ2v) is 6.46. The molecule has 3 heteroatoms. The Hall–Kier alpha value is -2.57. The average Bonchev–Trinajstić information content (AvgIpc) is 2.67. The highest BCUT2D eigenvalue weighted by Gasteiger charge is 2.20. The summed E-state index contributed by atoms with van der Waals surface area (Å²) in [6.07, 6.45) is 3.20. The topological polar surface area (TPSA) is 32.3 Å². The molecule has 1 fully saturated rings. The molecule has 1 atom stereocenters. The highest BCUT2D eigenvalue weighted by Crippen LogP contribution is 2.11. The first-order chi connectivity index (χ1) is 12.3. The Balaban J connectivity index is 1.46. The quantitative estimate of drug-likeness (QED) is 0.873. The second-order valence-electron chi connectivity index (χ2n) is 6.46. The van der Waals surface area contributed by atoms with E-state index >= 15 is 0 Å². The first kappa shape index (κ1) is 17.3. The maximum Gasteiger partial charge on any atom is 0.296 e. The molecule has 0 aromatic heterocycles. The lowest BCUT2D eigenvalue weighted by Gasteiger charge is -2.32. The lowest BCUT2D eigenvalue weighted by Crippen LogP contribution is -2.47. The van der Waals surface area contributed by atoms with Gasteiger partial charge >= 0.3 is 0 Å². The molecule has 25 heavy (non-hydrogen) atoms. The van der Waals surface area contributed by atoms with Gasteiger partial charge < -0.3 is 10.2 Å². The zero-order chi connectivity index (χ0) is 17.3. The van der Waals surface area contributed by atoms with Crippen LogP contribution in [0.1, 0.15) is 24.0 Å². The van der Waals surface area contributed by atoms with E-state index in [0.717, 1.165) is 44.5 Å². The zero-order valence-corrected chi connectivity index (χ0v) is 14.4. The van der Waals surface area contributed by atoms with Gasteiger partial charge in [0.1, 0.15) is 0 Å². The number of rotatable bonds is 4. The summed E-state index contributed by atoms with van der Waals surface area (Å²) in [4.78, 5) is 14.5. The van der Waals surface area contributed by atoms with E-state index < -0.39 is 0 Å². The highest BCUT2D eigenvalue weighted by molar-refractivity contribution is 5.94. The van der Waals surface area contributed by atoms with Crippen LogP contribution < -0.4 is 5.32 Å². The summed E-state index contributed by atoms with van der Waals surface area (Å²) in [5.41, 5.74) is 2.23. The van der Waals surface area contributed by atoms with Crippen LogP contribution in [0.25, 0.3) is 0 Å². The van der Waals surface area contributed by atoms with Crippen molar-refractivity contribution in [1.82, 2.24) is 10.2 Å². The van der Waals surface area contributed by atoms with E-state index in [9.17, 15) is 4.79 Å². The molecule has 3 rings (SSSR count). The number of likely N-dealkylation sites (tertiary alicyclic amines) is 1. The SMILES string of the molecule is O=C(C#Cc1ccccc1)NC1CCCN(CCc2ccccc2)C1. The van der Waals surface area contributed by atoms with Crippen LogP contribution in [0.4, 0.5) is 0 Å². The molecule has 1 aliphatic heterocycles. The molecule has 1 amide bonds. The lowest BCUT2D eigenvalue weighted by atomic mass is 10.0. The highest BCUT2D eigenvalue weighted by atomic mass is 16.1. The van der Waals surface area contributed by atoms with Crippen LogP contribution in [0.15, 0.2) is 60.7 Å². The van der Waals surface area contributed by atoms with Gasteiger partial charge in [0, 0.05) is 30.6 Å². The third-order valence-electron chi connectivity index (χ3n) is 4.49. The van der Waals surface area contributed by atoms with Crippen molar-refractivity contribution < 1.29 is 4.79 Å². The summed E-state index contributed by atoms with van der Waals surface area (Å²) in [6.45, 7) is 3.05. The summed E-state index contributed by atoms with van der Waals surface area (Å²) in [5.74, 6) is 5.43. The maximum absolute atomic E-state index is 12.1. The summed E-state index contributed by atoms with van der Waals surface area (Å²) in [6, 6.07) is 20.4. The van der Waals surface area contributed by atoms with Crippen molar-refractivity contribution in [3.63, 3.8) is 0 Å². The molecule has 2 aromatic rings. The van der Waals surface area contributed by atoms with Crippen molar-refractivity contribution in [3.05, 3.63) is 71.8 Å². The fraction of sp³-hybridized carbons (Fsp3) is 0.318. The first-order valence-electron chi connectivity index (χ1n) is 8.93. The molecule has 1 saturated heterocycles.